The van der Waals surface area contributed by atoms with Gasteiger partial charge in [0.15, 0.2) is 17.9 Å². The fraction of sp³-hybridized carbons (Fsp3) is 0.158. The zero-order chi connectivity index (χ0) is 20.4. The van der Waals surface area contributed by atoms with Crippen LogP contribution in [0.25, 0.3) is 5.76 Å². The van der Waals surface area contributed by atoms with Crippen LogP contribution in [0.3, 0.4) is 0 Å². The van der Waals surface area contributed by atoms with Gasteiger partial charge in [0.25, 0.3) is 0 Å². The summed E-state index contributed by atoms with van der Waals surface area (Å²) in [6.45, 7) is -0.176. The van der Waals surface area contributed by atoms with Crippen LogP contribution in [0, 0.1) is 28.8 Å². The molecular weight excluding hydrogens is 375 g/mol. The lowest BCUT2D eigenvalue weighted by Gasteiger charge is -2.26. The van der Waals surface area contributed by atoms with Crippen LogP contribution in [0.15, 0.2) is 35.9 Å². The summed E-state index contributed by atoms with van der Waals surface area (Å²) < 4.78 is 40.6. The molecule has 0 fully saturated rings. The molecule has 2 aromatic carbocycles. The quantitative estimate of drug-likeness (QED) is 0.644. The first-order valence-corrected chi connectivity index (χ1v) is 8.11. The summed E-state index contributed by atoms with van der Waals surface area (Å²) in [5.41, 5.74) is 0.0336. The lowest BCUT2D eigenvalue weighted by Crippen LogP contribution is -2.32. The smallest absolute Gasteiger partial charge is 0.224 e. The highest BCUT2D eigenvalue weighted by Gasteiger charge is 2.28. The molecule has 0 radical (unpaired) electrons. The van der Waals surface area contributed by atoms with Crippen molar-refractivity contribution in [1.82, 2.24) is 5.32 Å². The first-order valence-electron chi connectivity index (χ1n) is 8.11. The van der Waals surface area contributed by atoms with Crippen LogP contribution in [-0.2, 0) is 11.3 Å². The molecule has 1 heterocycles. The Morgan fingerprint density at radius 2 is 1.89 bits per heavy atom. The van der Waals surface area contributed by atoms with Gasteiger partial charge in [0.1, 0.15) is 11.6 Å². The number of fused-ring (bicyclic) bond motifs is 1. The molecule has 2 aromatic rings. The lowest BCUT2D eigenvalue weighted by molar-refractivity contribution is -0.120. The molecule has 0 saturated heterocycles. The number of hydrogen-bond donors (Lipinski definition) is 4. The second-order valence-electron chi connectivity index (χ2n) is 6.10. The predicted octanol–water partition coefficient (Wildman–Crippen LogP) is 2.70. The van der Waals surface area contributed by atoms with Gasteiger partial charge in [-0.25, -0.2) is 13.2 Å². The van der Waals surface area contributed by atoms with E-state index in [4.69, 9.17) is 5.26 Å². The summed E-state index contributed by atoms with van der Waals surface area (Å²) in [7, 11) is 0. The summed E-state index contributed by atoms with van der Waals surface area (Å²) in [6.07, 6.45) is -1.95. The number of nitrogens with one attached hydrogen (secondary N) is 2. The molecule has 3 rings (SSSR count). The summed E-state index contributed by atoms with van der Waals surface area (Å²) >= 11 is 0. The first-order chi connectivity index (χ1) is 13.3. The van der Waals surface area contributed by atoms with Crippen LogP contribution < -0.4 is 10.6 Å². The molecule has 4 N–H and O–H groups in total. The molecule has 9 heteroatoms. The van der Waals surface area contributed by atoms with Crippen molar-refractivity contribution in [3.05, 3.63) is 70.0 Å². The van der Waals surface area contributed by atoms with Gasteiger partial charge in [-0.1, -0.05) is 6.07 Å². The van der Waals surface area contributed by atoms with E-state index < -0.39 is 41.8 Å². The van der Waals surface area contributed by atoms with Crippen LogP contribution in [0.5, 0.6) is 0 Å². The molecule has 0 saturated carbocycles. The van der Waals surface area contributed by atoms with Gasteiger partial charge in [0.05, 0.1) is 23.7 Å². The maximum atomic E-state index is 13.8. The van der Waals surface area contributed by atoms with E-state index in [1.54, 1.807) is 6.07 Å². The Labute approximate surface area is 157 Å². The maximum Gasteiger partial charge on any atom is 0.224 e. The molecule has 0 aromatic heterocycles. The van der Waals surface area contributed by atoms with Crippen LogP contribution >= 0.6 is 0 Å². The second kappa shape index (κ2) is 7.62. The Morgan fingerprint density at radius 1 is 1.18 bits per heavy atom. The molecule has 28 heavy (non-hydrogen) atoms. The predicted molar refractivity (Wildman–Crippen MR) is 93.1 cm³/mol. The number of hydrogen-bond acceptors (Lipinski definition) is 5. The SMILES string of the molecule is N#Cc1ccc(CNC(=O)CC2=C(O)c3cc(F)c(F)cc3NC2O)c(F)c1. The minimum Gasteiger partial charge on any atom is -0.507 e. The number of aliphatic hydroxyl groups is 2. The number of halogens is 3. The van der Waals surface area contributed by atoms with Gasteiger partial charge in [-0.05, 0) is 18.2 Å². The summed E-state index contributed by atoms with van der Waals surface area (Å²) in [5.74, 6) is -4.19. The van der Waals surface area contributed by atoms with Crippen molar-refractivity contribution in [1.29, 1.82) is 5.26 Å². The van der Waals surface area contributed by atoms with Crippen LogP contribution in [0.1, 0.15) is 23.1 Å². The van der Waals surface area contributed by atoms with Gasteiger partial charge < -0.3 is 20.8 Å². The fourth-order valence-electron chi connectivity index (χ4n) is 2.77. The number of amides is 1. The lowest BCUT2D eigenvalue weighted by atomic mass is 9.98. The van der Waals surface area contributed by atoms with Crippen molar-refractivity contribution >= 4 is 17.4 Å². The third-order valence-corrected chi connectivity index (χ3v) is 4.25. The van der Waals surface area contributed by atoms with E-state index in [9.17, 15) is 28.2 Å². The highest BCUT2D eigenvalue weighted by atomic mass is 19.2. The molecule has 1 unspecified atom stereocenters. The van der Waals surface area contributed by atoms with Crippen molar-refractivity contribution in [3.8, 4) is 6.07 Å². The Morgan fingerprint density at radius 3 is 2.57 bits per heavy atom. The topological polar surface area (TPSA) is 105 Å². The first kappa shape index (κ1) is 19.3. The Hall–Kier alpha value is -3.51. The van der Waals surface area contributed by atoms with Gasteiger partial charge >= 0.3 is 0 Å². The number of anilines is 1. The van der Waals surface area contributed by atoms with E-state index in [1.807, 2.05) is 0 Å². The largest absolute Gasteiger partial charge is 0.507 e. The van der Waals surface area contributed by atoms with Crippen molar-refractivity contribution in [2.75, 3.05) is 5.32 Å². The van der Waals surface area contributed by atoms with E-state index in [2.05, 4.69) is 10.6 Å². The highest BCUT2D eigenvalue weighted by Crippen LogP contribution is 2.34. The molecular formula is C19H14F3N3O3. The fourth-order valence-corrected chi connectivity index (χ4v) is 2.77. The molecule has 0 aliphatic carbocycles. The number of nitrogens with zero attached hydrogens (tertiary/aromatic N) is 1. The Kier molecular flexibility index (Phi) is 5.24. The monoisotopic (exact) mass is 389 g/mol. The third-order valence-electron chi connectivity index (χ3n) is 4.25. The van der Waals surface area contributed by atoms with Gasteiger partial charge in [-0.2, -0.15) is 5.26 Å². The molecule has 1 aliphatic heterocycles. The zero-order valence-electron chi connectivity index (χ0n) is 14.3. The molecule has 1 aliphatic rings. The number of carbonyl (C=O) groups is 1. The third kappa shape index (κ3) is 3.77. The number of carbonyl (C=O) groups excluding carboxylic acids is 1. The molecule has 6 nitrogen and oxygen atoms in total. The van der Waals surface area contributed by atoms with Crippen LogP contribution in [0.2, 0.25) is 0 Å². The number of benzene rings is 2. The molecule has 1 amide bonds. The minimum absolute atomic E-state index is 0.0206. The molecule has 144 valence electrons. The van der Waals surface area contributed by atoms with E-state index in [-0.39, 0.29) is 34.5 Å². The number of nitriles is 1. The number of aliphatic hydroxyl groups excluding tert-OH is 2. The average molecular weight is 389 g/mol. The average Bonchev–Trinajstić information content (AvgIpc) is 2.66. The van der Waals surface area contributed by atoms with Crippen LogP contribution in [-0.4, -0.2) is 22.3 Å². The Bertz CT molecular complexity index is 1030. The van der Waals surface area contributed by atoms with Crippen molar-refractivity contribution in [2.45, 2.75) is 19.2 Å². The van der Waals surface area contributed by atoms with Crippen molar-refractivity contribution in [3.63, 3.8) is 0 Å². The van der Waals surface area contributed by atoms with Gasteiger partial charge in [0.2, 0.25) is 5.91 Å². The molecule has 0 bridgehead atoms. The number of rotatable bonds is 4. The second-order valence-corrected chi connectivity index (χ2v) is 6.10. The van der Waals surface area contributed by atoms with Crippen LogP contribution in [0.4, 0.5) is 18.9 Å². The highest BCUT2D eigenvalue weighted by molar-refractivity contribution is 5.85. The van der Waals surface area contributed by atoms with Crippen molar-refractivity contribution in [2.24, 2.45) is 0 Å². The summed E-state index contributed by atoms with van der Waals surface area (Å²) in [4.78, 5) is 12.1. The zero-order valence-corrected chi connectivity index (χ0v) is 14.3. The summed E-state index contributed by atoms with van der Waals surface area (Å²) in [5, 5.41) is 33.9. The van der Waals surface area contributed by atoms with E-state index in [0.29, 0.717) is 0 Å². The normalized spacial score (nSPS) is 15.5. The van der Waals surface area contributed by atoms with E-state index >= 15 is 0 Å². The Balaban J connectivity index is 1.74. The van der Waals surface area contributed by atoms with Gasteiger partial charge in [-0.3, -0.25) is 4.79 Å². The minimum atomic E-state index is -1.49. The molecule has 1 atom stereocenters. The van der Waals surface area contributed by atoms with Crippen molar-refractivity contribution < 1.29 is 28.2 Å². The molecule has 0 spiro atoms. The van der Waals surface area contributed by atoms with Gasteiger partial charge in [-0.15, -0.1) is 0 Å². The van der Waals surface area contributed by atoms with E-state index in [1.165, 1.54) is 12.1 Å². The van der Waals surface area contributed by atoms with Gasteiger partial charge in [0, 0.05) is 29.3 Å². The standard InChI is InChI=1S/C19H14F3N3O3/c20-13-3-9(7-23)1-2-10(13)8-24-17(26)5-12-18(27)11-4-14(21)15(22)6-16(11)25-19(12)28/h1-4,6,19,25,27-28H,5,8H2,(H,24,26). The van der Waals surface area contributed by atoms with E-state index in [0.717, 1.165) is 18.2 Å². The maximum absolute atomic E-state index is 13.8. The summed E-state index contributed by atoms with van der Waals surface area (Å²) in [6, 6.07) is 7.13.